The van der Waals surface area contributed by atoms with Crippen molar-refractivity contribution >= 4 is 11.3 Å². The van der Waals surface area contributed by atoms with Gasteiger partial charge in [-0.2, -0.15) is 0 Å². The molecule has 0 aliphatic carbocycles. The summed E-state index contributed by atoms with van der Waals surface area (Å²) in [5.74, 6) is 0.750. The normalized spacial score (nSPS) is 18.6. The Labute approximate surface area is 148 Å². The molecule has 1 unspecified atom stereocenters. The van der Waals surface area contributed by atoms with Crippen molar-refractivity contribution in [3.8, 4) is 0 Å². The Hall–Kier alpha value is -1.27. The molecule has 0 saturated carbocycles. The summed E-state index contributed by atoms with van der Waals surface area (Å²) in [7, 11) is 2.22. The number of rotatable bonds is 7. The van der Waals surface area contributed by atoms with E-state index in [0.29, 0.717) is 0 Å². The molecular weight excluding hydrogens is 318 g/mol. The molecule has 1 atom stereocenters. The van der Waals surface area contributed by atoms with Crippen molar-refractivity contribution in [2.24, 2.45) is 5.92 Å². The molecule has 5 heteroatoms. The molecule has 1 aliphatic heterocycles. The zero-order valence-corrected chi connectivity index (χ0v) is 15.4. The fourth-order valence-corrected chi connectivity index (χ4v) is 4.30. The van der Waals surface area contributed by atoms with Crippen LogP contribution in [0.25, 0.3) is 0 Å². The second kappa shape index (κ2) is 8.21. The largest absolute Gasteiger partial charge is 0.392 e. The van der Waals surface area contributed by atoms with E-state index in [0.717, 1.165) is 31.1 Å². The van der Waals surface area contributed by atoms with Crippen LogP contribution in [0.1, 0.15) is 28.1 Å². The Balaban J connectivity index is 1.45. The third kappa shape index (κ3) is 4.63. The van der Waals surface area contributed by atoms with E-state index < -0.39 is 0 Å². The molecule has 0 radical (unpaired) electrons. The van der Waals surface area contributed by atoms with Crippen LogP contribution in [-0.2, 0) is 19.7 Å². The summed E-state index contributed by atoms with van der Waals surface area (Å²) < 4.78 is 0. The molecule has 0 amide bonds. The maximum atomic E-state index is 9.12. The summed E-state index contributed by atoms with van der Waals surface area (Å²) in [6.07, 6.45) is 1.28. The number of aromatic nitrogens is 1. The first-order valence-electron chi connectivity index (χ1n) is 8.62. The maximum absolute atomic E-state index is 9.12. The van der Waals surface area contributed by atoms with Gasteiger partial charge in [0.15, 0.2) is 0 Å². The molecule has 1 saturated heterocycles. The van der Waals surface area contributed by atoms with E-state index >= 15 is 0 Å². The van der Waals surface area contributed by atoms with Gasteiger partial charge in [0.05, 0.1) is 17.8 Å². The average Bonchev–Trinajstić information content (AvgIpc) is 3.18. The van der Waals surface area contributed by atoms with Crippen LogP contribution in [0.2, 0.25) is 0 Å². The third-order valence-corrected chi connectivity index (χ3v) is 5.73. The molecule has 1 aromatic carbocycles. The molecule has 3 rings (SSSR count). The van der Waals surface area contributed by atoms with Gasteiger partial charge in [0.1, 0.15) is 0 Å². The number of nitrogens with zero attached hydrogens (tertiary/aromatic N) is 3. The highest BCUT2D eigenvalue weighted by Crippen LogP contribution is 2.21. The second-order valence-corrected chi connectivity index (χ2v) is 7.86. The van der Waals surface area contributed by atoms with Gasteiger partial charge in [-0.05, 0) is 44.0 Å². The van der Waals surface area contributed by atoms with Crippen molar-refractivity contribution in [3.63, 3.8) is 0 Å². The van der Waals surface area contributed by atoms with E-state index in [-0.39, 0.29) is 6.61 Å². The first-order chi connectivity index (χ1) is 11.6. The van der Waals surface area contributed by atoms with E-state index in [2.05, 4.69) is 40.9 Å². The molecule has 1 aromatic heterocycles. The number of benzene rings is 1. The molecule has 1 aliphatic rings. The predicted octanol–water partition coefficient (Wildman–Crippen LogP) is 2.90. The Morgan fingerprint density at radius 1 is 1.29 bits per heavy atom. The third-order valence-electron chi connectivity index (χ3n) is 4.81. The molecule has 1 fully saturated rings. The predicted molar refractivity (Wildman–Crippen MR) is 98.9 cm³/mol. The Bertz CT molecular complexity index is 640. The molecule has 0 spiro atoms. The summed E-state index contributed by atoms with van der Waals surface area (Å²) in [4.78, 5) is 10.7. The number of aliphatic hydroxyl groups is 1. The first-order valence-corrected chi connectivity index (χ1v) is 9.50. The second-order valence-electron chi connectivity index (χ2n) is 6.92. The van der Waals surface area contributed by atoms with Gasteiger partial charge in [-0.1, -0.05) is 24.3 Å². The molecular formula is C19H27N3OS. The molecule has 2 heterocycles. The van der Waals surface area contributed by atoms with Crippen molar-refractivity contribution in [1.82, 2.24) is 14.8 Å². The highest BCUT2D eigenvalue weighted by atomic mass is 32.1. The minimum absolute atomic E-state index is 0.123. The van der Waals surface area contributed by atoms with Crippen LogP contribution in [0.3, 0.4) is 0 Å². The number of thiazole rings is 1. The van der Waals surface area contributed by atoms with Gasteiger partial charge in [0, 0.05) is 31.1 Å². The van der Waals surface area contributed by atoms with Gasteiger partial charge < -0.3 is 10.0 Å². The van der Waals surface area contributed by atoms with Gasteiger partial charge in [0.25, 0.3) is 0 Å². The SMILES string of the molecule is Cc1ncsc1CN(C)CC1CCN(Cc2ccc(CO)cc2)C1. The van der Waals surface area contributed by atoms with Gasteiger partial charge in [-0.3, -0.25) is 4.90 Å². The number of aliphatic hydroxyl groups excluding tert-OH is 1. The molecule has 0 bridgehead atoms. The quantitative estimate of drug-likeness (QED) is 0.838. The average molecular weight is 346 g/mol. The lowest BCUT2D eigenvalue weighted by molar-refractivity contribution is 0.255. The van der Waals surface area contributed by atoms with Crippen molar-refractivity contribution in [1.29, 1.82) is 0 Å². The topological polar surface area (TPSA) is 39.6 Å². The monoisotopic (exact) mass is 345 g/mol. The zero-order valence-electron chi connectivity index (χ0n) is 14.6. The smallest absolute Gasteiger partial charge is 0.0798 e. The minimum atomic E-state index is 0.123. The van der Waals surface area contributed by atoms with Crippen LogP contribution in [0.5, 0.6) is 0 Å². The van der Waals surface area contributed by atoms with Crippen molar-refractivity contribution < 1.29 is 5.11 Å². The van der Waals surface area contributed by atoms with Crippen LogP contribution >= 0.6 is 11.3 Å². The fraction of sp³-hybridized carbons (Fsp3) is 0.526. The number of likely N-dealkylation sites (tertiary alicyclic amines) is 1. The van der Waals surface area contributed by atoms with Crippen LogP contribution < -0.4 is 0 Å². The van der Waals surface area contributed by atoms with Gasteiger partial charge in [0.2, 0.25) is 0 Å². The summed E-state index contributed by atoms with van der Waals surface area (Å²) in [5.41, 5.74) is 5.43. The molecule has 2 aromatic rings. The van der Waals surface area contributed by atoms with Crippen molar-refractivity contribution in [2.45, 2.75) is 33.0 Å². The molecule has 1 N–H and O–H groups in total. The Morgan fingerprint density at radius 2 is 2.04 bits per heavy atom. The number of aryl methyl sites for hydroxylation is 1. The van der Waals surface area contributed by atoms with E-state index in [1.807, 2.05) is 17.6 Å². The highest BCUT2D eigenvalue weighted by Gasteiger charge is 2.23. The van der Waals surface area contributed by atoms with Gasteiger partial charge in [-0.15, -0.1) is 11.3 Å². The standard InChI is InChI=1S/C19H27N3OS/c1-15-19(24-14-20-15)12-21(2)9-18-7-8-22(11-18)10-16-3-5-17(13-23)6-4-16/h3-6,14,18,23H,7-13H2,1-2H3. The van der Waals surface area contributed by atoms with Gasteiger partial charge >= 0.3 is 0 Å². The molecule has 4 nitrogen and oxygen atoms in total. The summed E-state index contributed by atoms with van der Waals surface area (Å²) in [6, 6.07) is 8.32. The van der Waals surface area contributed by atoms with E-state index in [4.69, 9.17) is 5.11 Å². The van der Waals surface area contributed by atoms with Gasteiger partial charge in [-0.25, -0.2) is 4.98 Å². The van der Waals surface area contributed by atoms with Crippen LogP contribution in [0, 0.1) is 12.8 Å². The number of hydrogen-bond donors (Lipinski definition) is 1. The van der Waals surface area contributed by atoms with Crippen molar-refractivity contribution in [2.75, 3.05) is 26.7 Å². The number of hydrogen-bond acceptors (Lipinski definition) is 5. The fourth-order valence-electron chi connectivity index (χ4n) is 3.44. The molecule has 130 valence electrons. The van der Waals surface area contributed by atoms with Crippen LogP contribution in [0.4, 0.5) is 0 Å². The van der Waals surface area contributed by atoms with Crippen molar-refractivity contribution in [3.05, 3.63) is 51.5 Å². The van der Waals surface area contributed by atoms with E-state index in [9.17, 15) is 0 Å². The maximum Gasteiger partial charge on any atom is 0.0798 e. The Morgan fingerprint density at radius 3 is 2.71 bits per heavy atom. The van der Waals surface area contributed by atoms with Crippen LogP contribution in [-0.4, -0.2) is 46.6 Å². The minimum Gasteiger partial charge on any atom is -0.392 e. The molecule has 24 heavy (non-hydrogen) atoms. The summed E-state index contributed by atoms with van der Waals surface area (Å²) >= 11 is 1.76. The summed E-state index contributed by atoms with van der Waals surface area (Å²) in [5, 5.41) is 9.12. The van der Waals surface area contributed by atoms with E-state index in [1.54, 1.807) is 11.3 Å². The van der Waals surface area contributed by atoms with E-state index in [1.165, 1.54) is 35.6 Å². The zero-order chi connectivity index (χ0) is 16.9. The lowest BCUT2D eigenvalue weighted by Crippen LogP contribution is -2.28. The lowest BCUT2D eigenvalue weighted by atomic mass is 10.1. The lowest BCUT2D eigenvalue weighted by Gasteiger charge is -2.21. The first kappa shape index (κ1) is 17.5. The summed E-state index contributed by atoms with van der Waals surface area (Å²) in [6.45, 7) is 7.75. The highest BCUT2D eigenvalue weighted by molar-refractivity contribution is 7.09. The van der Waals surface area contributed by atoms with Crippen LogP contribution in [0.15, 0.2) is 29.8 Å². The Kier molecular flexibility index (Phi) is 6.00.